The zero-order valence-corrected chi connectivity index (χ0v) is 8.78. The van der Waals surface area contributed by atoms with Gasteiger partial charge in [0.2, 0.25) is 0 Å². The number of hydrogen-bond acceptors (Lipinski definition) is 3. The fraction of sp³-hybridized carbons (Fsp3) is 0.800. The third-order valence-electron chi connectivity index (χ3n) is 2.60. The van der Waals surface area contributed by atoms with E-state index in [2.05, 4.69) is 11.7 Å². The molecule has 0 radical (unpaired) electrons. The summed E-state index contributed by atoms with van der Waals surface area (Å²) in [5.74, 6) is -0.652. The average Bonchev–Trinajstić information content (AvgIpc) is 2.65. The normalized spacial score (nSPS) is 21.0. The lowest BCUT2D eigenvalue weighted by molar-refractivity contribution is -0.159. The molecule has 0 saturated carbocycles. The number of ether oxygens (including phenoxy) is 1. The van der Waals surface area contributed by atoms with Crippen molar-refractivity contribution in [3.05, 3.63) is 0 Å². The Labute approximate surface area is 84.2 Å². The minimum atomic E-state index is -0.718. The van der Waals surface area contributed by atoms with Crippen molar-refractivity contribution < 1.29 is 14.3 Å². The zero-order chi connectivity index (χ0) is 10.6. The van der Waals surface area contributed by atoms with Crippen LogP contribution in [0.5, 0.6) is 0 Å². The Hall–Kier alpha value is -1.06. The van der Waals surface area contributed by atoms with Crippen molar-refractivity contribution in [2.24, 2.45) is 5.92 Å². The lowest BCUT2D eigenvalue weighted by Gasteiger charge is -2.14. The molecule has 0 aromatic heterocycles. The van der Waals surface area contributed by atoms with Gasteiger partial charge in [-0.2, -0.15) is 0 Å². The van der Waals surface area contributed by atoms with Gasteiger partial charge in [-0.05, 0) is 19.3 Å². The first-order chi connectivity index (χ1) is 6.69. The molecule has 0 aromatic carbocycles. The molecule has 1 rings (SSSR count). The lowest BCUT2D eigenvalue weighted by atomic mass is 10.1. The van der Waals surface area contributed by atoms with E-state index in [0.717, 1.165) is 12.8 Å². The van der Waals surface area contributed by atoms with Crippen molar-refractivity contribution in [3.63, 3.8) is 0 Å². The van der Waals surface area contributed by atoms with Gasteiger partial charge in [0.1, 0.15) is 0 Å². The summed E-state index contributed by atoms with van der Waals surface area (Å²) < 4.78 is 4.65. The third kappa shape index (κ3) is 2.47. The molecule has 1 fully saturated rings. The first-order valence-electron chi connectivity index (χ1n) is 5.15. The molecule has 0 bridgehead atoms. The van der Waals surface area contributed by atoms with E-state index in [-0.39, 0.29) is 6.61 Å². The van der Waals surface area contributed by atoms with Crippen molar-refractivity contribution in [2.45, 2.75) is 26.7 Å². The van der Waals surface area contributed by atoms with E-state index >= 15 is 0 Å². The smallest absolute Gasteiger partial charge is 0.397 e. The summed E-state index contributed by atoms with van der Waals surface area (Å²) in [6.45, 7) is 5.45. The Bertz CT molecular complexity index is 227. The van der Waals surface area contributed by atoms with Gasteiger partial charge >= 0.3 is 11.9 Å². The van der Waals surface area contributed by atoms with Crippen molar-refractivity contribution >= 4 is 11.9 Å². The molecule has 0 N–H and O–H groups in total. The molecular weight excluding hydrogens is 182 g/mol. The quantitative estimate of drug-likeness (QED) is 0.488. The number of carbonyl (C=O) groups is 2. The molecule has 4 heteroatoms. The molecule has 1 unspecified atom stereocenters. The second-order valence-corrected chi connectivity index (χ2v) is 3.53. The summed E-state index contributed by atoms with van der Waals surface area (Å²) in [6, 6.07) is 0. The number of amides is 1. The molecule has 4 nitrogen and oxygen atoms in total. The molecule has 0 aliphatic carbocycles. The van der Waals surface area contributed by atoms with Gasteiger partial charge in [0.25, 0.3) is 0 Å². The maximum Gasteiger partial charge on any atom is 0.397 e. The lowest BCUT2D eigenvalue weighted by Crippen LogP contribution is -2.35. The molecule has 1 saturated heterocycles. The summed E-state index contributed by atoms with van der Waals surface area (Å²) in [4.78, 5) is 24.1. The number of rotatable bonds is 2. The SMILES string of the molecule is CCOC(=O)C(=O)N1CCC(CC)C1. The van der Waals surface area contributed by atoms with Gasteiger partial charge in [0.15, 0.2) is 0 Å². The van der Waals surface area contributed by atoms with Crippen LogP contribution in [0.1, 0.15) is 26.7 Å². The van der Waals surface area contributed by atoms with Gasteiger partial charge in [-0.15, -0.1) is 0 Å². The second-order valence-electron chi connectivity index (χ2n) is 3.53. The average molecular weight is 199 g/mol. The predicted molar refractivity (Wildman–Crippen MR) is 51.6 cm³/mol. The van der Waals surface area contributed by atoms with E-state index < -0.39 is 11.9 Å². The molecule has 1 heterocycles. The zero-order valence-electron chi connectivity index (χ0n) is 8.78. The first kappa shape index (κ1) is 11.0. The summed E-state index contributed by atoms with van der Waals surface area (Å²) in [5, 5.41) is 0. The second kappa shape index (κ2) is 4.98. The maximum atomic E-state index is 11.4. The van der Waals surface area contributed by atoms with Crippen LogP contribution < -0.4 is 0 Å². The minimum Gasteiger partial charge on any atom is -0.459 e. The highest BCUT2D eigenvalue weighted by Crippen LogP contribution is 2.18. The van der Waals surface area contributed by atoms with Crippen LogP contribution in [0.2, 0.25) is 0 Å². The van der Waals surface area contributed by atoms with Crippen LogP contribution in [0.15, 0.2) is 0 Å². The third-order valence-corrected chi connectivity index (χ3v) is 2.60. The number of carbonyl (C=O) groups excluding carboxylic acids is 2. The Morgan fingerprint density at radius 1 is 1.43 bits per heavy atom. The molecule has 1 atom stereocenters. The van der Waals surface area contributed by atoms with Gasteiger partial charge < -0.3 is 9.64 Å². The predicted octanol–water partition coefficient (Wildman–Crippen LogP) is 0.808. The van der Waals surface area contributed by atoms with Crippen LogP contribution >= 0.6 is 0 Å². The van der Waals surface area contributed by atoms with Crippen LogP contribution in [-0.2, 0) is 14.3 Å². The highest BCUT2D eigenvalue weighted by atomic mass is 16.5. The van der Waals surface area contributed by atoms with E-state index in [1.165, 1.54) is 0 Å². The van der Waals surface area contributed by atoms with E-state index in [9.17, 15) is 9.59 Å². The Balaban J connectivity index is 2.42. The summed E-state index contributed by atoms with van der Waals surface area (Å²) in [6.07, 6.45) is 2.06. The fourth-order valence-electron chi connectivity index (χ4n) is 1.67. The van der Waals surface area contributed by atoms with Crippen molar-refractivity contribution in [1.29, 1.82) is 0 Å². The molecule has 1 amide bonds. The first-order valence-corrected chi connectivity index (χ1v) is 5.15. The van der Waals surface area contributed by atoms with E-state index in [4.69, 9.17) is 0 Å². The summed E-state index contributed by atoms with van der Waals surface area (Å²) in [7, 11) is 0. The topological polar surface area (TPSA) is 46.6 Å². The van der Waals surface area contributed by atoms with Crippen molar-refractivity contribution in [1.82, 2.24) is 4.90 Å². The number of esters is 1. The summed E-state index contributed by atoms with van der Waals surface area (Å²) in [5.41, 5.74) is 0. The highest BCUT2D eigenvalue weighted by molar-refractivity contribution is 6.32. The number of likely N-dealkylation sites (tertiary alicyclic amines) is 1. The summed E-state index contributed by atoms with van der Waals surface area (Å²) >= 11 is 0. The van der Waals surface area contributed by atoms with Gasteiger partial charge in [-0.25, -0.2) is 4.79 Å². The number of nitrogens with zero attached hydrogens (tertiary/aromatic N) is 1. The van der Waals surface area contributed by atoms with Crippen molar-refractivity contribution in [2.75, 3.05) is 19.7 Å². The number of hydrogen-bond donors (Lipinski definition) is 0. The molecular formula is C10H17NO3. The van der Waals surface area contributed by atoms with Crippen LogP contribution in [-0.4, -0.2) is 36.5 Å². The monoisotopic (exact) mass is 199 g/mol. The van der Waals surface area contributed by atoms with Crippen molar-refractivity contribution in [3.8, 4) is 0 Å². The maximum absolute atomic E-state index is 11.4. The standard InChI is InChI=1S/C10H17NO3/c1-3-8-5-6-11(7-8)9(12)10(13)14-4-2/h8H,3-7H2,1-2H3. The molecule has 0 spiro atoms. The Kier molecular flexibility index (Phi) is 3.92. The fourth-order valence-corrected chi connectivity index (χ4v) is 1.67. The van der Waals surface area contributed by atoms with Crippen LogP contribution in [0.4, 0.5) is 0 Å². The van der Waals surface area contributed by atoms with Crippen LogP contribution in [0.25, 0.3) is 0 Å². The molecule has 1 aliphatic heterocycles. The minimum absolute atomic E-state index is 0.260. The Morgan fingerprint density at radius 2 is 2.14 bits per heavy atom. The molecule has 80 valence electrons. The van der Waals surface area contributed by atoms with Crippen LogP contribution in [0, 0.1) is 5.92 Å². The molecule has 1 aliphatic rings. The van der Waals surface area contributed by atoms with E-state index in [1.54, 1.807) is 11.8 Å². The van der Waals surface area contributed by atoms with Gasteiger partial charge in [-0.1, -0.05) is 13.3 Å². The van der Waals surface area contributed by atoms with E-state index in [1.807, 2.05) is 0 Å². The highest BCUT2D eigenvalue weighted by Gasteiger charge is 2.29. The van der Waals surface area contributed by atoms with E-state index in [0.29, 0.717) is 19.0 Å². The molecule has 0 aromatic rings. The van der Waals surface area contributed by atoms with Crippen LogP contribution in [0.3, 0.4) is 0 Å². The molecule has 14 heavy (non-hydrogen) atoms. The Morgan fingerprint density at radius 3 is 2.64 bits per heavy atom. The largest absolute Gasteiger partial charge is 0.459 e. The van der Waals surface area contributed by atoms with Gasteiger partial charge in [0, 0.05) is 13.1 Å². The van der Waals surface area contributed by atoms with Gasteiger partial charge in [0.05, 0.1) is 6.61 Å². The van der Waals surface area contributed by atoms with Gasteiger partial charge in [-0.3, -0.25) is 4.79 Å².